The van der Waals surface area contributed by atoms with Crippen LogP contribution in [-0.2, 0) is 24.2 Å². The predicted octanol–water partition coefficient (Wildman–Crippen LogP) is -0.257. The topological polar surface area (TPSA) is 110 Å². The van der Waals surface area contributed by atoms with Gasteiger partial charge in [-0.2, -0.15) is 5.10 Å². The molecule has 23 heavy (non-hydrogen) atoms. The number of aromatic nitrogens is 4. The van der Waals surface area contributed by atoms with Gasteiger partial charge < -0.3 is 15.7 Å². The lowest BCUT2D eigenvalue weighted by molar-refractivity contribution is -0.117. The zero-order valence-corrected chi connectivity index (χ0v) is 13.1. The fourth-order valence-corrected chi connectivity index (χ4v) is 2.71. The van der Waals surface area contributed by atoms with Crippen LogP contribution in [0.15, 0.2) is 12.1 Å². The van der Waals surface area contributed by atoms with Crippen molar-refractivity contribution in [2.45, 2.75) is 25.8 Å². The highest BCUT2D eigenvalue weighted by Gasteiger charge is 2.20. The maximum Gasteiger partial charge on any atom is 0.225 e. The number of aliphatic hydroxyl groups excluding tert-OH is 1. The van der Waals surface area contributed by atoms with Gasteiger partial charge in [0, 0.05) is 26.7 Å². The Kier molecular flexibility index (Phi) is 4.24. The summed E-state index contributed by atoms with van der Waals surface area (Å²) < 4.78 is 1.68. The van der Waals surface area contributed by atoms with E-state index < -0.39 is 5.91 Å². The van der Waals surface area contributed by atoms with Gasteiger partial charge in [0.25, 0.3) is 0 Å². The number of nitrogens with zero attached hydrogens (tertiary/aromatic N) is 5. The van der Waals surface area contributed by atoms with Crippen molar-refractivity contribution in [2.75, 3.05) is 25.1 Å². The lowest BCUT2D eigenvalue weighted by atomic mass is 10.2. The van der Waals surface area contributed by atoms with Crippen LogP contribution in [0.2, 0.25) is 0 Å². The van der Waals surface area contributed by atoms with Crippen molar-refractivity contribution in [3.05, 3.63) is 23.5 Å². The van der Waals surface area contributed by atoms with Crippen LogP contribution in [0.3, 0.4) is 0 Å². The Hall–Kier alpha value is -2.48. The number of aryl methyl sites for hydroxylation is 1. The zero-order valence-electron chi connectivity index (χ0n) is 13.1. The van der Waals surface area contributed by atoms with Crippen molar-refractivity contribution in [2.24, 2.45) is 5.73 Å². The summed E-state index contributed by atoms with van der Waals surface area (Å²) in [5.41, 5.74) is 7.15. The second-order valence-corrected chi connectivity index (χ2v) is 5.65. The van der Waals surface area contributed by atoms with E-state index in [-0.39, 0.29) is 13.0 Å². The molecule has 0 unspecified atom stereocenters. The van der Waals surface area contributed by atoms with Gasteiger partial charge in [0.1, 0.15) is 11.5 Å². The molecule has 1 aliphatic rings. The number of hydrogen-bond acceptors (Lipinski definition) is 6. The number of primary amides is 1. The molecule has 1 aliphatic heterocycles. The highest BCUT2D eigenvalue weighted by Crippen LogP contribution is 2.27. The molecule has 122 valence electrons. The number of carbonyl (C=O) groups excluding carboxylic acids is 1. The number of hydrogen-bond donors (Lipinski definition) is 2. The summed E-state index contributed by atoms with van der Waals surface area (Å²) >= 11 is 0. The van der Waals surface area contributed by atoms with Gasteiger partial charge in [0.2, 0.25) is 5.91 Å². The molecular formula is C15H20N6O2. The fraction of sp³-hybridized carbons (Fsp3) is 0.467. The van der Waals surface area contributed by atoms with Crippen LogP contribution in [0.4, 0.5) is 5.82 Å². The Balaban J connectivity index is 1.98. The summed E-state index contributed by atoms with van der Waals surface area (Å²) in [6.07, 6.45) is 1.53. The smallest absolute Gasteiger partial charge is 0.225 e. The summed E-state index contributed by atoms with van der Waals surface area (Å²) in [4.78, 5) is 22.3. The molecule has 3 N–H and O–H groups in total. The quantitative estimate of drug-likeness (QED) is 0.760. The third kappa shape index (κ3) is 3.16. The normalized spacial score (nSPS) is 13.4. The minimum absolute atomic E-state index is 0.00995. The molecule has 0 radical (unpaired) electrons. The van der Waals surface area contributed by atoms with Crippen LogP contribution in [0, 0.1) is 0 Å². The molecule has 2 aromatic heterocycles. The second kappa shape index (κ2) is 6.33. The highest BCUT2D eigenvalue weighted by molar-refractivity contribution is 5.75. The second-order valence-electron chi connectivity index (χ2n) is 5.65. The molecule has 2 aromatic rings. The van der Waals surface area contributed by atoms with Crippen molar-refractivity contribution >= 4 is 11.7 Å². The van der Waals surface area contributed by atoms with E-state index in [9.17, 15) is 4.79 Å². The van der Waals surface area contributed by atoms with Gasteiger partial charge in [-0.15, -0.1) is 0 Å². The molecular weight excluding hydrogens is 296 g/mol. The minimum Gasteiger partial charge on any atom is -0.396 e. The van der Waals surface area contributed by atoms with E-state index in [1.807, 2.05) is 13.1 Å². The van der Waals surface area contributed by atoms with Crippen LogP contribution in [0.5, 0.6) is 0 Å². The first-order chi connectivity index (χ1) is 11.1. The number of likely N-dealkylation sites (N-methyl/N-ethyl adjacent to an activating group) is 1. The predicted molar refractivity (Wildman–Crippen MR) is 84.8 cm³/mol. The zero-order chi connectivity index (χ0) is 16.4. The molecule has 3 rings (SSSR count). The first-order valence-corrected chi connectivity index (χ1v) is 7.63. The van der Waals surface area contributed by atoms with Crippen LogP contribution >= 0.6 is 0 Å². The number of fused-ring (bicyclic) bond motifs is 1. The number of rotatable bonds is 6. The van der Waals surface area contributed by atoms with E-state index in [1.165, 1.54) is 5.56 Å². The monoisotopic (exact) mass is 316 g/mol. The van der Waals surface area contributed by atoms with E-state index in [1.54, 1.807) is 4.68 Å². The molecule has 3 heterocycles. The summed E-state index contributed by atoms with van der Waals surface area (Å²) in [6, 6.07) is 3.98. The summed E-state index contributed by atoms with van der Waals surface area (Å²) in [7, 11) is 2.01. The molecule has 0 fully saturated rings. The maximum atomic E-state index is 11.1. The number of amides is 1. The molecule has 0 atom stereocenters. The molecule has 0 saturated carbocycles. The van der Waals surface area contributed by atoms with E-state index in [4.69, 9.17) is 10.8 Å². The first-order valence-electron chi connectivity index (χ1n) is 7.63. The number of nitrogens with two attached hydrogens (primary N) is 1. The number of anilines is 1. The molecule has 0 aromatic carbocycles. The van der Waals surface area contributed by atoms with Crippen molar-refractivity contribution < 1.29 is 9.90 Å². The number of aliphatic hydroxyl groups is 1. The van der Waals surface area contributed by atoms with Crippen molar-refractivity contribution in [3.63, 3.8) is 0 Å². The average molecular weight is 316 g/mol. The third-order valence-corrected chi connectivity index (χ3v) is 3.84. The largest absolute Gasteiger partial charge is 0.396 e. The summed E-state index contributed by atoms with van der Waals surface area (Å²) in [5, 5.41) is 13.4. The van der Waals surface area contributed by atoms with Gasteiger partial charge >= 0.3 is 0 Å². The molecule has 0 spiro atoms. The maximum absolute atomic E-state index is 11.1. The first kappa shape index (κ1) is 15.4. The van der Waals surface area contributed by atoms with Gasteiger partial charge in [-0.25, -0.2) is 14.6 Å². The van der Waals surface area contributed by atoms with E-state index >= 15 is 0 Å². The SMILES string of the molecule is CN1CCc2ccc(-c3nc(CC(N)=O)nn3CCCO)nc21. The minimum atomic E-state index is -0.475. The van der Waals surface area contributed by atoms with Gasteiger partial charge in [0.15, 0.2) is 11.6 Å². The van der Waals surface area contributed by atoms with Gasteiger partial charge in [-0.1, -0.05) is 6.07 Å². The standard InChI is InChI=1S/C15H20N6O2/c1-20-7-5-10-3-4-11(17-14(10)20)15-18-13(9-12(16)23)19-21(15)6-2-8-22/h3-4,22H,2,5-9H2,1H3,(H2,16,23). The highest BCUT2D eigenvalue weighted by atomic mass is 16.3. The molecule has 0 saturated heterocycles. The third-order valence-electron chi connectivity index (χ3n) is 3.84. The molecule has 0 aliphatic carbocycles. The Morgan fingerprint density at radius 2 is 2.22 bits per heavy atom. The summed E-state index contributed by atoms with van der Waals surface area (Å²) in [6.45, 7) is 1.52. The lowest BCUT2D eigenvalue weighted by Crippen LogP contribution is -2.15. The van der Waals surface area contributed by atoms with Crippen LogP contribution < -0.4 is 10.6 Å². The average Bonchev–Trinajstić information content (AvgIpc) is 3.08. The molecule has 1 amide bonds. The van der Waals surface area contributed by atoms with Gasteiger partial charge in [-0.05, 0) is 24.5 Å². The van der Waals surface area contributed by atoms with Crippen molar-refractivity contribution in [1.82, 2.24) is 19.7 Å². The molecule has 8 nitrogen and oxygen atoms in total. The number of carbonyl (C=O) groups is 1. The van der Waals surface area contributed by atoms with E-state index in [0.717, 1.165) is 18.8 Å². The fourth-order valence-electron chi connectivity index (χ4n) is 2.71. The van der Waals surface area contributed by atoms with Crippen LogP contribution in [0.1, 0.15) is 17.8 Å². The van der Waals surface area contributed by atoms with Crippen molar-refractivity contribution in [3.8, 4) is 11.5 Å². The number of pyridine rings is 1. The Labute approximate surface area is 134 Å². The Morgan fingerprint density at radius 1 is 1.39 bits per heavy atom. The molecule has 8 heteroatoms. The van der Waals surface area contributed by atoms with Gasteiger partial charge in [-0.3, -0.25) is 4.79 Å². The van der Waals surface area contributed by atoms with Gasteiger partial charge in [0.05, 0.1) is 6.42 Å². The Morgan fingerprint density at radius 3 is 2.96 bits per heavy atom. The molecule has 0 bridgehead atoms. The van der Waals surface area contributed by atoms with Crippen LogP contribution in [0.25, 0.3) is 11.5 Å². The van der Waals surface area contributed by atoms with Crippen molar-refractivity contribution in [1.29, 1.82) is 0 Å². The Bertz CT molecular complexity index is 727. The van der Waals surface area contributed by atoms with E-state index in [0.29, 0.717) is 30.3 Å². The lowest BCUT2D eigenvalue weighted by Gasteiger charge is -2.12. The van der Waals surface area contributed by atoms with E-state index in [2.05, 4.69) is 26.0 Å². The van der Waals surface area contributed by atoms with Crippen LogP contribution in [-0.4, -0.2) is 51.0 Å². The summed E-state index contributed by atoms with van der Waals surface area (Å²) in [5.74, 6) is 1.45.